The molecule has 4 rings (SSSR count). The first-order valence-corrected chi connectivity index (χ1v) is 10.5. The van der Waals surface area contributed by atoms with Crippen molar-refractivity contribution in [3.05, 3.63) is 83.1 Å². The molecule has 2 aromatic heterocycles. The standard InChI is InChI=1S/C21H16ClN7O2.C2H6/c22-14-3-1-4-15(11-14)27-20-17(18(23)30)19(28-29-20)26-12-13-5-7-16(8-6-13)31-21-24-9-2-10-25-21;1-2/h1-12H,(H2,23,30)(H2,27,28,29);1-2H3. The third-order valence-corrected chi connectivity index (χ3v) is 4.29. The van der Waals surface area contributed by atoms with E-state index in [1.165, 1.54) is 0 Å². The van der Waals surface area contributed by atoms with Crippen molar-refractivity contribution in [3.8, 4) is 11.8 Å². The molecule has 9 nitrogen and oxygen atoms in total. The molecule has 2 aromatic carbocycles. The van der Waals surface area contributed by atoms with Crippen LogP contribution in [-0.4, -0.2) is 32.3 Å². The number of halogens is 1. The Labute approximate surface area is 195 Å². The smallest absolute Gasteiger partial charge is 0.321 e. The van der Waals surface area contributed by atoms with E-state index in [-0.39, 0.29) is 17.4 Å². The SMILES string of the molecule is CC.NC(=O)c1c(N=Cc2ccc(Oc3ncccn3)cc2)n[nH]c1Nc1cccc(Cl)c1. The molecular weight excluding hydrogens is 442 g/mol. The summed E-state index contributed by atoms with van der Waals surface area (Å²) in [5.41, 5.74) is 7.12. The summed E-state index contributed by atoms with van der Waals surface area (Å²) in [7, 11) is 0. The number of nitrogens with two attached hydrogens (primary N) is 1. The van der Waals surface area contributed by atoms with Gasteiger partial charge in [0.15, 0.2) is 5.82 Å². The largest absolute Gasteiger partial charge is 0.424 e. The molecule has 0 bridgehead atoms. The van der Waals surface area contributed by atoms with Gasteiger partial charge in [-0.15, -0.1) is 0 Å². The maximum atomic E-state index is 12.0. The number of benzene rings is 2. The summed E-state index contributed by atoms with van der Waals surface area (Å²) in [5.74, 6) is 0.398. The number of nitrogens with one attached hydrogen (secondary N) is 2. The summed E-state index contributed by atoms with van der Waals surface area (Å²) in [6.45, 7) is 4.00. The van der Waals surface area contributed by atoms with Crippen LogP contribution in [0.4, 0.5) is 17.3 Å². The number of aromatic nitrogens is 4. The highest BCUT2D eigenvalue weighted by molar-refractivity contribution is 6.30. The number of hydrogen-bond acceptors (Lipinski definition) is 7. The Kier molecular flexibility index (Phi) is 8.09. The average molecular weight is 464 g/mol. The maximum absolute atomic E-state index is 12.0. The van der Waals surface area contributed by atoms with Crippen molar-refractivity contribution < 1.29 is 9.53 Å². The van der Waals surface area contributed by atoms with Gasteiger partial charge in [0.2, 0.25) is 0 Å². The molecule has 0 spiro atoms. The van der Waals surface area contributed by atoms with Crippen LogP contribution in [0.5, 0.6) is 11.8 Å². The molecule has 0 saturated heterocycles. The Morgan fingerprint density at radius 2 is 1.85 bits per heavy atom. The van der Waals surface area contributed by atoms with Gasteiger partial charge in [0.05, 0.1) is 0 Å². The topological polar surface area (TPSA) is 131 Å². The molecule has 0 saturated carbocycles. The summed E-state index contributed by atoms with van der Waals surface area (Å²) < 4.78 is 5.55. The Hall–Kier alpha value is -4.24. The molecule has 168 valence electrons. The number of aromatic amines is 1. The number of H-pyrrole nitrogens is 1. The number of rotatable bonds is 7. The Morgan fingerprint density at radius 1 is 1.12 bits per heavy atom. The van der Waals surface area contributed by atoms with Gasteiger partial charge in [-0.05, 0) is 54.1 Å². The van der Waals surface area contributed by atoms with Crippen molar-refractivity contribution in [1.82, 2.24) is 20.2 Å². The maximum Gasteiger partial charge on any atom is 0.321 e. The number of ether oxygens (including phenoxy) is 1. The molecule has 0 atom stereocenters. The van der Waals surface area contributed by atoms with Gasteiger partial charge in [0, 0.05) is 29.3 Å². The number of carbonyl (C=O) groups excluding carboxylic acids is 1. The summed E-state index contributed by atoms with van der Waals surface area (Å²) >= 11 is 6.00. The van der Waals surface area contributed by atoms with Crippen molar-refractivity contribution in [3.63, 3.8) is 0 Å². The number of carbonyl (C=O) groups is 1. The van der Waals surface area contributed by atoms with Crippen LogP contribution in [-0.2, 0) is 0 Å². The molecule has 4 aromatic rings. The lowest BCUT2D eigenvalue weighted by Gasteiger charge is -2.05. The van der Waals surface area contributed by atoms with Crippen LogP contribution in [0.15, 0.2) is 72.0 Å². The Morgan fingerprint density at radius 3 is 2.52 bits per heavy atom. The normalized spacial score (nSPS) is 10.4. The first-order valence-electron chi connectivity index (χ1n) is 10.1. The number of primary amides is 1. The van der Waals surface area contributed by atoms with Crippen LogP contribution in [0.3, 0.4) is 0 Å². The van der Waals surface area contributed by atoms with E-state index < -0.39 is 5.91 Å². The Bertz CT molecular complexity index is 1230. The fourth-order valence-electron chi connectivity index (χ4n) is 2.66. The van der Waals surface area contributed by atoms with Gasteiger partial charge in [-0.25, -0.2) is 15.0 Å². The molecule has 0 fully saturated rings. The number of aliphatic imine (C=N–C) groups is 1. The fourth-order valence-corrected chi connectivity index (χ4v) is 2.85. The van der Waals surface area contributed by atoms with Crippen molar-refractivity contribution in [2.45, 2.75) is 13.8 Å². The van der Waals surface area contributed by atoms with Gasteiger partial charge >= 0.3 is 6.01 Å². The molecule has 10 heteroatoms. The van der Waals surface area contributed by atoms with E-state index >= 15 is 0 Å². The van der Waals surface area contributed by atoms with Crippen LogP contribution in [0.25, 0.3) is 0 Å². The molecule has 1 amide bonds. The molecular formula is C23H22ClN7O2. The van der Waals surface area contributed by atoms with E-state index in [1.54, 1.807) is 73.2 Å². The molecule has 33 heavy (non-hydrogen) atoms. The molecule has 0 unspecified atom stereocenters. The minimum absolute atomic E-state index is 0.136. The predicted octanol–water partition coefficient (Wildman–Crippen LogP) is 5.26. The number of nitrogens with zero attached hydrogens (tertiary/aromatic N) is 4. The molecule has 0 aliphatic rings. The third-order valence-electron chi connectivity index (χ3n) is 4.05. The Balaban J connectivity index is 0.00000149. The average Bonchev–Trinajstić information content (AvgIpc) is 3.23. The lowest BCUT2D eigenvalue weighted by atomic mass is 10.2. The van der Waals surface area contributed by atoms with Gasteiger partial charge in [0.25, 0.3) is 5.91 Å². The highest BCUT2D eigenvalue weighted by Gasteiger charge is 2.18. The van der Waals surface area contributed by atoms with Crippen LogP contribution < -0.4 is 15.8 Å². The molecule has 2 heterocycles. The first kappa shape index (κ1) is 23.4. The van der Waals surface area contributed by atoms with E-state index in [0.717, 1.165) is 5.56 Å². The number of amides is 1. The fraction of sp³-hybridized carbons (Fsp3) is 0.0870. The summed E-state index contributed by atoms with van der Waals surface area (Å²) in [5, 5.41) is 10.4. The van der Waals surface area contributed by atoms with E-state index in [4.69, 9.17) is 22.1 Å². The van der Waals surface area contributed by atoms with Crippen LogP contribution >= 0.6 is 11.6 Å². The minimum atomic E-state index is -0.669. The third kappa shape index (κ3) is 6.37. The zero-order valence-electron chi connectivity index (χ0n) is 18.0. The van der Waals surface area contributed by atoms with Crippen molar-refractivity contribution >= 4 is 41.0 Å². The van der Waals surface area contributed by atoms with E-state index in [1.807, 2.05) is 13.8 Å². The molecule has 4 N–H and O–H groups in total. The first-order chi connectivity index (χ1) is 16.1. The number of anilines is 2. The van der Waals surface area contributed by atoms with Crippen molar-refractivity contribution in [2.75, 3.05) is 5.32 Å². The van der Waals surface area contributed by atoms with Gasteiger partial charge in [-0.1, -0.05) is 31.5 Å². The predicted molar refractivity (Wildman–Crippen MR) is 129 cm³/mol. The zero-order valence-corrected chi connectivity index (χ0v) is 18.7. The van der Waals surface area contributed by atoms with Crippen LogP contribution in [0.2, 0.25) is 5.02 Å². The van der Waals surface area contributed by atoms with E-state index in [9.17, 15) is 4.79 Å². The van der Waals surface area contributed by atoms with Gasteiger partial charge in [-0.3, -0.25) is 9.89 Å². The van der Waals surface area contributed by atoms with Crippen LogP contribution in [0.1, 0.15) is 29.8 Å². The second-order valence-electron chi connectivity index (χ2n) is 6.26. The van der Waals surface area contributed by atoms with Crippen molar-refractivity contribution in [1.29, 1.82) is 0 Å². The highest BCUT2D eigenvalue weighted by Crippen LogP contribution is 2.27. The zero-order chi connectivity index (χ0) is 23.6. The second-order valence-corrected chi connectivity index (χ2v) is 6.69. The van der Waals surface area contributed by atoms with E-state index in [0.29, 0.717) is 22.3 Å². The summed E-state index contributed by atoms with van der Waals surface area (Å²) in [6, 6.07) is 16.1. The van der Waals surface area contributed by atoms with Crippen molar-refractivity contribution in [2.24, 2.45) is 10.7 Å². The number of hydrogen-bond donors (Lipinski definition) is 3. The summed E-state index contributed by atoms with van der Waals surface area (Å²) in [6.07, 6.45) is 4.76. The molecule has 0 radical (unpaired) electrons. The van der Waals surface area contributed by atoms with Crippen LogP contribution in [0, 0.1) is 0 Å². The lowest BCUT2D eigenvalue weighted by Crippen LogP contribution is -2.12. The monoisotopic (exact) mass is 463 g/mol. The minimum Gasteiger partial charge on any atom is -0.424 e. The lowest BCUT2D eigenvalue weighted by molar-refractivity contribution is 0.100. The summed E-state index contributed by atoms with van der Waals surface area (Å²) in [4.78, 5) is 24.3. The molecule has 0 aliphatic carbocycles. The van der Waals surface area contributed by atoms with E-state index in [2.05, 4.69) is 30.5 Å². The van der Waals surface area contributed by atoms with Gasteiger partial charge in [-0.2, -0.15) is 5.10 Å². The quantitative estimate of drug-likeness (QED) is 0.320. The van der Waals surface area contributed by atoms with Gasteiger partial charge < -0.3 is 15.8 Å². The highest BCUT2D eigenvalue weighted by atomic mass is 35.5. The van der Waals surface area contributed by atoms with Gasteiger partial charge in [0.1, 0.15) is 17.1 Å². The second kappa shape index (κ2) is 11.4. The molecule has 0 aliphatic heterocycles.